The monoisotopic (exact) mass is 465 g/mol. The number of halogens is 3. The van der Waals surface area contributed by atoms with Crippen LogP contribution >= 0.6 is 0 Å². The Morgan fingerprint density at radius 1 is 1.27 bits per heavy atom. The molecule has 9 nitrogen and oxygen atoms in total. The molecule has 2 amide bonds. The van der Waals surface area contributed by atoms with Crippen LogP contribution in [0.4, 0.5) is 29.5 Å². The molecule has 1 aromatic heterocycles. The van der Waals surface area contributed by atoms with Gasteiger partial charge in [-0.25, -0.2) is 18.0 Å². The van der Waals surface area contributed by atoms with E-state index >= 15 is 0 Å². The molecule has 0 unspecified atom stereocenters. The second-order valence-electron chi connectivity index (χ2n) is 8.83. The molecule has 0 radical (unpaired) electrons. The fraction of sp³-hybridized carbons (Fsp3) is 0.429. The first-order valence-corrected chi connectivity index (χ1v) is 10.1. The molecule has 0 bridgehead atoms. The van der Waals surface area contributed by atoms with Crippen molar-refractivity contribution in [3.63, 3.8) is 0 Å². The molecule has 1 fully saturated rings. The van der Waals surface area contributed by atoms with E-state index in [-0.39, 0.29) is 35.9 Å². The summed E-state index contributed by atoms with van der Waals surface area (Å²) in [5, 5.41) is 20.2. The van der Waals surface area contributed by atoms with Gasteiger partial charge >= 0.3 is 6.09 Å². The number of benzene rings is 1. The number of carbonyl (C=O) groups excluding carboxylic acids is 2. The number of hydrogen-bond donors (Lipinski definition) is 2. The highest BCUT2D eigenvalue weighted by atomic mass is 19.3. The number of aromatic hydroxyl groups is 1. The van der Waals surface area contributed by atoms with Crippen LogP contribution < -0.4 is 10.2 Å². The molecule has 4 rings (SSSR count). The molecule has 1 saturated heterocycles. The van der Waals surface area contributed by atoms with Gasteiger partial charge in [-0.15, -0.1) is 10.2 Å². The van der Waals surface area contributed by atoms with E-state index in [2.05, 4.69) is 15.5 Å². The number of phenolic OH excluding ortho intramolecular Hbond substituents is 1. The molecule has 0 spiro atoms. The number of amides is 2. The molecule has 1 aromatic carbocycles. The molecule has 2 aliphatic heterocycles. The minimum Gasteiger partial charge on any atom is -0.504 e. The third kappa shape index (κ3) is 3.79. The maximum absolute atomic E-state index is 14.5. The zero-order valence-corrected chi connectivity index (χ0v) is 18.1. The molecule has 2 aromatic rings. The van der Waals surface area contributed by atoms with Crippen LogP contribution in [0.15, 0.2) is 24.3 Å². The molecule has 1 atom stereocenters. The number of fused-ring (bicyclic) bond motifs is 3. The van der Waals surface area contributed by atoms with E-state index in [9.17, 15) is 27.9 Å². The summed E-state index contributed by atoms with van der Waals surface area (Å²) in [6.07, 6.45) is -3.98. The van der Waals surface area contributed by atoms with Crippen LogP contribution in [-0.2, 0) is 9.53 Å². The van der Waals surface area contributed by atoms with E-state index < -0.39 is 47.7 Å². The summed E-state index contributed by atoms with van der Waals surface area (Å²) in [7, 11) is 0. The summed E-state index contributed by atoms with van der Waals surface area (Å²) >= 11 is 0. The minimum absolute atomic E-state index is 0.0113. The number of phenols is 1. The standard InChI is InChI=1S/C21H22F3N5O4/c1-20(2,3)33-19(32)28-7-8-29-14-9-13(11-5-4-6-12(22)15(11)30)26-27-16(14)25-18(31)21(29,10-28)17(23)24/h4-6,9,17,30H,7-8,10H2,1-3H3,(H,25,27,31)/t21-/m1/s1. The number of ether oxygens (including phenoxy) is 1. The number of alkyl halides is 2. The van der Waals surface area contributed by atoms with E-state index in [1.165, 1.54) is 23.1 Å². The summed E-state index contributed by atoms with van der Waals surface area (Å²) in [4.78, 5) is 27.7. The first-order chi connectivity index (χ1) is 15.4. The number of anilines is 2. The van der Waals surface area contributed by atoms with E-state index in [0.29, 0.717) is 0 Å². The van der Waals surface area contributed by atoms with Crippen molar-refractivity contribution in [1.29, 1.82) is 0 Å². The van der Waals surface area contributed by atoms with Gasteiger partial charge in [0.2, 0.25) is 0 Å². The molecule has 0 saturated carbocycles. The summed E-state index contributed by atoms with van der Waals surface area (Å²) < 4.78 is 48.1. The van der Waals surface area contributed by atoms with Crippen molar-refractivity contribution >= 4 is 23.5 Å². The molecular formula is C21H22F3N5O4. The number of piperazine rings is 1. The fourth-order valence-electron chi connectivity index (χ4n) is 3.92. The van der Waals surface area contributed by atoms with Crippen molar-refractivity contribution in [3.05, 3.63) is 30.1 Å². The maximum Gasteiger partial charge on any atom is 0.410 e. The number of para-hydroxylation sites is 1. The van der Waals surface area contributed by atoms with Gasteiger partial charge in [0, 0.05) is 18.7 Å². The van der Waals surface area contributed by atoms with Crippen LogP contribution in [-0.4, -0.2) is 69.4 Å². The van der Waals surface area contributed by atoms with Crippen molar-refractivity contribution in [2.45, 2.75) is 38.3 Å². The fourth-order valence-corrected chi connectivity index (χ4v) is 3.92. The van der Waals surface area contributed by atoms with Gasteiger partial charge in [0.05, 0.1) is 17.9 Å². The average Bonchev–Trinajstić information content (AvgIpc) is 2.74. The van der Waals surface area contributed by atoms with Gasteiger partial charge in [-0.1, -0.05) is 6.07 Å². The molecule has 176 valence electrons. The van der Waals surface area contributed by atoms with E-state index in [1.807, 2.05) is 0 Å². The van der Waals surface area contributed by atoms with Gasteiger partial charge in [0.25, 0.3) is 12.3 Å². The largest absolute Gasteiger partial charge is 0.504 e. The summed E-state index contributed by atoms with van der Waals surface area (Å²) in [5.41, 5.74) is -3.08. The van der Waals surface area contributed by atoms with Crippen LogP contribution in [0, 0.1) is 5.82 Å². The van der Waals surface area contributed by atoms with Gasteiger partial charge < -0.3 is 25.0 Å². The van der Waals surface area contributed by atoms with Gasteiger partial charge in [0.1, 0.15) is 5.60 Å². The lowest BCUT2D eigenvalue weighted by Crippen LogP contribution is -2.73. The molecular weight excluding hydrogens is 443 g/mol. The predicted molar refractivity (Wildman–Crippen MR) is 112 cm³/mol. The Morgan fingerprint density at radius 2 is 2.00 bits per heavy atom. The van der Waals surface area contributed by atoms with Crippen LogP contribution in [0.2, 0.25) is 0 Å². The van der Waals surface area contributed by atoms with Crippen molar-refractivity contribution in [2.24, 2.45) is 0 Å². The van der Waals surface area contributed by atoms with E-state index in [1.54, 1.807) is 20.8 Å². The molecule has 0 aliphatic carbocycles. The van der Waals surface area contributed by atoms with Crippen LogP contribution in [0.3, 0.4) is 0 Å². The summed E-state index contributed by atoms with van der Waals surface area (Å²) in [5.74, 6) is -2.63. The van der Waals surface area contributed by atoms with Crippen molar-refractivity contribution in [1.82, 2.24) is 15.1 Å². The highest BCUT2D eigenvalue weighted by molar-refractivity contribution is 6.07. The lowest BCUT2D eigenvalue weighted by molar-refractivity contribution is -0.129. The second kappa shape index (κ2) is 7.78. The van der Waals surface area contributed by atoms with E-state index in [4.69, 9.17) is 4.74 Å². The Morgan fingerprint density at radius 3 is 2.67 bits per heavy atom. The summed E-state index contributed by atoms with van der Waals surface area (Å²) in [6.45, 7) is 4.22. The smallest absolute Gasteiger partial charge is 0.410 e. The first-order valence-electron chi connectivity index (χ1n) is 10.1. The van der Waals surface area contributed by atoms with E-state index in [0.717, 1.165) is 11.0 Å². The third-order valence-corrected chi connectivity index (χ3v) is 5.47. The zero-order chi connectivity index (χ0) is 24.1. The van der Waals surface area contributed by atoms with Gasteiger partial charge in [-0.2, -0.15) is 0 Å². The predicted octanol–water partition coefficient (Wildman–Crippen LogP) is 3.00. The Bertz CT molecular complexity index is 1120. The number of carbonyl (C=O) groups is 2. The lowest BCUT2D eigenvalue weighted by atomic mass is 9.89. The van der Waals surface area contributed by atoms with Crippen LogP contribution in [0.1, 0.15) is 20.8 Å². The van der Waals surface area contributed by atoms with Crippen molar-refractivity contribution < 1.29 is 32.6 Å². The Hall–Kier alpha value is -3.57. The van der Waals surface area contributed by atoms with Gasteiger partial charge in [-0.3, -0.25) is 4.79 Å². The Labute approximate surface area is 187 Å². The van der Waals surface area contributed by atoms with Crippen LogP contribution in [0.25, 0.3) is 11.3 Å². The minimum atomic E-state index is -3.17. The molecule has 12 heteroatoms. The summed E-state index contributed by atoms with van der Waals surface area (Å²) in [6, 6.07) is 5.16. The number of hydrogen-bond acceptors (Lipinski definition) is 7. The van der Waals surface area contributed by atoms with Crippen LogP contribution in [0.5, 0.6) is 5.75 Å². The number of nitrogens with one attached hydrogen (secondary N) is 1. The average molecular weight is 465 g/mol. The Balaban J connectivity index is 1.75. The molecule has 2 N–H and O–H groups in total. The first kappa shape index (κ1) is 22.6. The number of aromatic nitrogens is 2. The molecule has 33 heavy (non-hydrogen) atoms. The maximum atomic E-state index is 14.5. The molecule has 3 heterocycles. The van der Waals surface area contributed by atoms with Crippen molar-refractivity contribution in [2.75, 3.05) is 29.9 Å². The highest BCUT2D eigenvalue weighted by Crippen LogP contribution is 2.43. The third-order valence-electron chi connectivity index (χ3n) is 5.47. The topological polar surface area (TPSA) is 108 Å². The zero-order valence-electron chi connectivity index (χ0n) is 18.1. The van der Waals surface area contributed by atoms with Crippen molar-refractivity contribution in [3.8, 4) is 17.0 Å². The van der Waals surface area contributed by atoms with Gasteiger partial charge in [0.15, 0.2) is 22.9 Å². The van der Waals surface area contributed by atoms with Gasteiger partial charge in [-0.05, 0) is 39.0 Å². The quantitative estimate of drug-likeness (QED) is 0.702. The highest BCUT2D eigenvalue weighted by Gasteiger charge is 2.59. The number of nitrogens with zero attached hydrogens (tertiary/aromatic N) is 4. The lowest BCUT2D eigenvalue weighted by Gasteiger charge is -2.51. The second-order valence-corrected chi connectivity index (χ2v) is 8.83. The SMILES string of the molecule is CC(C)(C)OC(=O)N1CCN2c3cc(-c4cccc(F)c4O)nnc3NC(=O)[C@]2(C(F)F)C1. The Kier molecular flexibility index (Phi) is 5.33. The normalized spacial score (nSPS) is 20.3. The molecule has 2 aliphatic rings. The number of rotatable bonds is 2.